The molecule has 2 rings (SSSR count). The third-order valence-corrected chi connectivity index (χ3v) is 5.33. The van der Waals surface area contributed by atoms with Crippen molar-refractivity contribution >= 4 is 0 Å². The maximum atomic E-state index is 10.5. The highest BCUT2D eigenvalue weighted by Crippen LogP contribution is 2.24. The number of aryl methyl sites for hydroxylation is 2. The van der Waals surface area contributed by atoms with Gasteiger partial charge >= 0.3 is 0 Å². The molecule has 24 heavy (non-hydrogen) atoms. The van der Waals surface area contributed by atoms with E-state index in [0.717, 1.165) is 24.2 Å². The summed E-state index contributed by atoms with van der Waals surface area (Å²) in [7, 11) is 0. The van der Waals surface area contributed by atoms with Gasteiger partial charge in [0.05, 0.1) is 17.2 Å². The first-order chi connectivity index (χ1) is 11.0. The zero-order valence-electron chi connectivity index (χ0n) is 16.0. The van der Waals surface area contributed by atoms with Gasteiger partial charge in [0.15, 0.2) is 0 Å². The molecule has 0 aromatic heterocycles. The third-order valence-electron chi connectivity index (χ3n) is 5.33. The normalized spacial score (nSPS) is 26.8. The fourth-order valence-electron chi connectivity index (χ4n) is 4.41. The first-order valence-electron chi connectivity index (χ1n) is 8.94. The average Bonchev–Trinajstić information content (AvgIpc) is 2.40. The van der Waals surface area contributed by atoms with E-state index in [2.05, 4.69) is 40.7 Å². The summed E-state index contributed by atoms with van der Waals surface area (Å²) >= 11 is 0. The van der Waals surface area contributed by atoms with Gasteiger partial charge in [0.25, 0.3) is 0 Å². The molecule has 1 unspecified atom stereocenters. The monoisotopic (exact) mass is 336 g/mol. The second-order valence-corrected chi connectivity index (χ2v) is 8.75. The van der Waals surface area contributed by atoms with Gasteiger partial charge in [-0.25, -0.2) is 0 Å². The standard InChI is InChI=1S/C20H33NO3/c1-14-7-8-18(15(2)9-14)24-13-17(23)12-21-19(3,4)10-16(22)11-20(21,5)6/h7-9,16-17,22-23H,10-13H2,1-6H3/p+1. The van der Waals surface area contributed by atoms with E-state index in [1.165, 1.54) is 10.5 Å². The second kappa shape index (κ2) is 7.03. The summed E-state index contributed by atoms with van der Waals surface area (Å²) in [5.74, 6) is 0.835. The molecule has 1 atom stereocenters. The minimum Gasteiger partial charge on any atom is -0.490 e. The van der Waals surface area contributed by atoms with Gasteiger partial charge in [-0.05, 0) is 53.2 Å². The van der Waals surface area contributed by atoms with E-state index >= 15 is 0 Å². The molecule has 1 saturated heterocycles. The number of ether oxygens (including phenoxy) is 1. The summed E-state index contributed by atoms with van der Waals surface area (Å²) in [6.45, 7) is 13.7. The minimum absolute atomic E-state index is 0.0675. The van der Waals surface area contributed by atoms with Crippen LogP contribution in [0, 0.1) is 13.8 Å². The summed E-state index contributed by atoms with van der Waals surface area (Å²) in [4.78, 5) is 1.33. The number of aliphatic hydroxyl groups is 2. The number of hydrogen-bond donors (Lipinski definition) is 3. The molecule has 1 aliphatic heterocycles. The minimum atomic E-state index is -0.533. The summed E-state index contributed by atoms with van der Waals surface area (Å²) in [5, 5.41) is 20.7. The SMILES string of the molecule is Cc1ccc(OCC(O)C[NH+]2C(C)(C)CC(O)CC2(C)C)c(C)c1. The molecule has 0 bridgehead atoms. The van der Waals surface area contributed by atoms with Gasteiger partial charge in [-0.2, -0.15) is 0 Å². The quantitative estimate of drug-likeness (QED) is 0.766. The lowest BCUT2D eigenvalue weighted by molar-refractivity contribution is -1.00. The molecular formula is C20H34NO3+. The summed E-state index contributed by atoms with van der Waals surface area (Å²) in [6.07, 6.45) is 0.726. The van der Waals surface area contributed by atoms with Crippen molar-refractivity contribution in [1.29, 1.82) is 0 Å². The van der Waals surface area contributed by atoms with Gasteiger partial charge in [-0.3, -0.25) is 0 Å². The van der Waals surface area contributed by atoms with Crippen molar-refractivity contribution in [3.05, 3.63) is 29.3 Å². The van der Waals surface area contributed by atoms with Crippen molar-refractivity contribution in [2.75, 3.05) is 13.2 Å². The van der Waals surface area contributed by atoms with Crippen LogP contribution in [0.3, 0.4) is 0 Å². The van der Waals surface area contributed by atoms with Crippen LogP contribution in [0.4, 0.5) is 0 Å². The van der Waals surface area contributed by atoms with E-state index in [0.29, 0.717) is 13.2 Å². The molecule has 1 aromatic rings. The van der Waals surface area contributed by atoms with Gasteiger partial charge in [-0.15, -0.1) is 0 Å². The number of aliphatic hydroxyl groups excluding tert-OH is 2. The predicted octanol–water partition coefficient (Wildman–Crippen LogP) is 1.64. The lowest BCUT2D eigenvalue weighted by atomic mass is 9.78. The molecular weight excluding hydrogens is 302 g/mol. The number of benzene rings is 1. The number of likely N-dealkylation sites (tertiary alicyclic amines) is 1. The molecule has 0 spiro atoms. The molecule has 136 valence electrons. The Morgan fingerprint density at radius 2 is 1.75 bits per heavy atom. The molecule has 1 aliphatic rings. The fourth-order valence-corrected chi connectivity index (χ4v) is 4.41. The number of nitrogens with one attached hydrogen (secondary N) is 1. The molecule has 0 amide bonds. The molecule has 1 aromatic carbocycles. The Morgan fingerprint density at radius 1 is 1.17 bits per heavy atom. The maximum absolute atomic E-state index is 10.5. The van der Waals surface area contributed by atoms with Crippen molar-refractivity contribution in [1.82, 2.24) is 0 Å². The van der Waals surface area contributed by atoms with Gasteiger partial charge in [0.2, 0.25) is 0 Å². The lowest BCUT2D eigenvalue weighted by Gasteiger charge is -2.51. The van der Waals surface area contributed by atoms with Crippen LogP contribution in [0.25, 0.3) is 0 Å². The van der Waals surface area contributed by atoms with Crippen LogP contribution >= 0.6 is 0 Å². The van der Waals surface area contributed by atoms with Crippen molar-refractivity contribution < 1.29 is 19.8 Å². The van der Waals surface area contributed by atoms with Crippen molar-refractivity contribution in [3.63, 3.8) is 0 Å². The van der Waals surface area contributed by atoms with Crippen LogP contribution in [0.5, 0.6) is 5.75 Å². The Balaban J connectivity index is 1.99. The Morgan fingerprint density at radius 3 is 2.29 bits per heavy atom. The molecule has 3 N–H and O–H groups in total. The molecule has 0 radical (unpaired) electrons. The Labute approximate surface area is 146 Å². The number of rotatable bonds is 5. The molecule has 4 heteroatoms. The van der Waals surface area contributed by atoms with E-state index in [-0.39, 0.29) is 17.2 Å². The predicted molar refractivity (Wildman–Crippen MR) is 96.6 cm³/mol. The van der Waals surface area contributed by atoms with Crippen LogP contribution in [0.2, 0.25) is 0 Å². The van der Waals surface area contributed by atoms with E-state index in [1.54, 1.807) is 0 Å². The van der Waals surface area contributed by atoms with Crippen molar-refractivity contribution in [2.45, 2.75) is 77.7 Å². The van der Waals surface area contributed by atoms with Crippen molar-refractivity contribution in [3.8, 4) is 5.75 Å². The van der Waals surface area contributed by atoms with Crippen LogP contribution in [-0.4, -0.2) is 46.7 Å². The molecule has 0 saturated carbocycles. The van der Waals surface area contributed by atoms with Crippen LogP contribution < -0.4 is 9.64 Å². The van der Waals surface area contributed by atoms with Gasteiger partial charge in [-0.1, -0.05) is 17.7 Å². The largest absolute Gasteiger partial charge is 0.490 e. The van der Waals surface area contributed by atoms with Crippen LogP contribution in [0.15, 0.2) is 18.2 Å². The van der Waals surface area contributed by atoms with E-state index in [4.69, 9.17) is 4.74 Å². The lowest BCUT2D eigenvalue weighted by Crippen LogP contribution is -3.27. The Bertz CT molecular complexity index is 550. The Kier molecular flexibility index (Phi) is 5.63. The summed E-state index contributed by atoms with van der Waals surface area (Å²) in [5.41, 5.74) is 2.17. The molecule has 1 fully saturated rings. The average molecular weight is 336 g/mol. The van der Waals surface area contributed by atoms with E-state index in [1.807, 2.05) is 19.1 Å². The third kappa shape index (κ3) is 4.50. The highest BCUT2D eigenvalue weighted by atomic mass is 16.5. The van der Waals surface area contributed by atoms with E-state index in [9.17, 15) is 10.2 Å². The number of quaternary nitrogens is 1. The summed E-state index contributed by atoms with van der Waals surface area (Å²) in [6, 6.07) is 6.08. The first kappa shape index (κ1) is 19.2. The number of piperidine rings is 1. The first-order valence-corrected chi connectivity index (χ1v) is 8.94. The Hall–Kier alpha value is -1.10. The molecule has 4 nitrogen and oxygen atoms in total. The van der Waals surface area contributed by atoms with Crippen LogP contribution in [-0.2, 0) is 0 Å². The second-order valence-electron chi connectivity index (χ2n) is 8.75. The van der Waals surface area contributed by atoms with Gasteiger partial charge < -0.3 is 19.8 Å². The number of hydrogen-bond acceptors (Lipinski definition) is 3. The van der Waals surface area contributed by atoms with Gasteiger partial charge in [0.1, 0.15) is 25.0 Å². The summed E-state index contributed by atoms with van der Waals surface area (Å²) < 4.78 is 5.84. The molecule has 0 aliphatic carbocycles. The van der Waals surface area contributed by atoms with E-state index < -0.39 is 6.10 Å². The smallest absolute Gasteiger partial charge is 0.137 e. The zero-order valence-corrected chi connectivity index (χ0v) is 16.0. The maximum Gasteiger partial charge on any atom is 0.137 e. The fraction of sp³-hybridized carbons (Fsp3) is 0.700. The zero-order chi connectivity index (χ0) is 18.1. The highest BCUT2D eigenvalue weighted by molar-refractivity contribution is 5.35. The van der Waals surface area contributed by atoms with Crippen molar-refractivity contribution in [2.24, 2.45) is 0 Å². The topological polar surface area (TPSA) is 54.1 Å². The van der Waals surface area contributed by atoms with Crippen LogP contribution in [0.1, 0.15) is 51.7 Å². The van der Waals surface area contributed by atoms with Gasteiger partial charge in [0, 0.05) is 12.8 Å². The highest BCUT2D eigenvalue weighted by Gasteiger charge is 2.49. The molecule has 1 heterocycles.